The van der Waals surface area contributed by atoms with Crippen LogP contribution in [0.2, 0.25) is 5.02 Å². The molecule has 2 atom stereocenters. The molecule has 1 aliphatic carbocycles. The molecule has 3 nitrogen and oxygen atoms in total. The molecule has 2 rings (SSSR count). The summed E-state index contributed by atoms with van der Waals surface area (Å²) in [6, 6.07) is 7.68. The highest BCUT2D eigenvalue weighted by Crippen LogP contribution is 2.29. The Balaban J connectivity index is 2.15. The highest BCUT2D eigenvalue weighted by Gasteiger charge is 2.24. The number of nitrogens with zero attached hydrogens (tertiary/aromatic N) is 1. The molecule has 0 heterocycles. The second-order valence-corrected chi connectivity index (χ2v) is 5.22. The zero-order chi connectivity index (χ0) is 13.0. The zero-order valence-electron chi connectivity index (χ0n) is 10.2. The molecule has 0 radical (unpaired) electrons. The van der Waals surface area contributed by atoms with Crippen molar-refractivity contribution in [3.05, 3.63) is 28.8 Å². The van der Waals surface area contributed by atoms with Crippen molar-refractivity contribution in [1.29, 1.82) is 5.26 Å². The van der Waals surface area contributed by atoms with Gasteiger partial charge in [0, 0.05) is 23.6 Å². The van der Waals surface area contributed by atoms with Gasteiger partial charge in [-0.2, -0.15) is 5.26 Å². The first-order valence-corrected chi connectivity index (χ1v) is 6.69. The molecular formula is C14H17ClN2O. The van der Waals surface area contributed by atoms with E-state index in [2.05, 4.69) is 11.4 Å². The van der Waals surface area contributed by atoms with Crippen LogP contribution < -0.4 is 5.32 Å². The topological polar surface area (TPSA) is 56.0 Å². The predicted molar refractivity (Wildman–Crippen MR) is 72.6 cm³/mol. The molecule has 1 aromatic rings. The van der Waals surface area contributed by atoms with Gasteiger partial charge in [0.2, 0.25) is 0 Å². The van der Waals surface area contributed by atoms with Gasteiger partial charge in [0.25, 0.3) is 0 Å². The van der Waals surface area contributed by atoms with Gasteiger partial charge in [0.1, 0.15) is 6.07 Å². The largest absolute Gasteiger partial charge is 0.396 e. The van der Waals surface area contributed by atoms with Crippen LogP contribution in [0.15, 0.2) is 18.2 Å². The number of nitriles is 1. The van der Waals surface area contributed by atoms with Gasteiger partial charge in [-0.15, -0.1) is 0 Å². The van der Waals surface area contributed by atoms with Crippen molar-refractivity contribution in [2.45, 2.75) is 31.7 Å². The summed E-state index contributed by atoms with van der Waals surface area (Å²) in [5.74, 6) is 0.279. The molecule has 1 aromatic carbocycles. The number of aliphatic hydroxyl groups is 1. The Labute approximate surface area is 112 Å². The molecule has 0 saturated heterocycles. The lowest BCUT2D eigenvalue weighted by Gasteiger charge is -2.32. The highest BCUT2D eigenvalue weighted by molar-refractivity contribution is 6.30. The highest BCUT2D eigenvalue weighted by atomic mass is 35.5. The van der Waals surface area contributed by atoms with Crippen molar-refractivity contribution in [3.63, 3.8) is 0 Å². The van der Waals surface area contributed by atoms with Gasteiger partial charge in [-0.05, 0) is 31.0 Å². The molecule has 0 amide bonds. The molecule has 1 fully saturated rings. The van der Waals surface area contributed by atoms with Crippen LogP contribution in [0.1, 0.15) is 31.2 Å². The number of nitrogens with one attached hydrogen (secondary N) is 1. The predicted octanol–water partition coefficient (Wildman–Crippen LogP) is 3.17. The van der Waals surface area contributed by atoms with Crippen molar-refractivity contribution in [3.8, 4) is 6.07 Å². The third kappa shape index (κ3) is 2.95. The van der Waals surface area contributed by atoms with Crippen molar-refractivity contribution >= 4 is 17.3 Å². The summed E-state index contributed by atoms with van der Waals surface area (Å²) in [4.78, 5) is 0. The number of halogens is 1. The lowest BCUT2D eigenvalue weighted by Crippen LogP contribution is -2.34. The van der Waals surface area contributed by atoms with Gasteiger partial charge in [-0.3, -0.25) is 0 Å². The van der Waals surface area contributed by atoms with E-state index in [1.165, 1.54) is 12.8 Å². The number of rotatable bonds is 3. The minimum atomic E-state index is 0.202. The van der Waals surface area contributed by atoms with E-state index in [1.54, 1.807) is 12.1 Å². The SMILES string of the molecule is N#Cc1cc(Cl)ccc1NC1CCCCC1CO. The first-order valence-electron chi connectivity index (χ1n) is 6.31. The summed E-state index contributed by atoms with van der Waals surface area (Å²) < 4.78 is 0. The molecule has 0 aliphatic heterocycles. The van der Waals surface area contributed by atoms with Crippen LogP contribution in [-0.4, -0.2) is 17.8 Å². The van der Waals surface area contributed by atoms with Gasteiger partial charge in [-0.25, -0.2) is 0 Å². The van der Waals surface area contributed by atoms with Crippen LogP contribution >= 0.6 is 11.6 Å². The average molecular weight is 265 g/mol. The van der Waals surface area contributed by atoms with Crippen LogP contribution in [0, 0.1) is 17.2 Å². The smallest absolute Gasteiger partial charge is 0.101 e. The third-order valence-electron chi connectivity index (χ3n) is 3.59. The lowest BCUT2D eigenvalue weighted by atomic mass is 9.85. The van der Waals surface area contributed by atoms with E-state index in [9.17, 15) is 5.11 Å². The number of aliphatic hydroxyl groups excluding tert-OH is 1. The van der Waals surface area contributed by atoms with Gasteiger partial charge in [0.05, 0.1) is 11.3 Å². The number of benzene rings is 1. The van der Waals surface area contributed by atoms with Crippen molar-refractivity contribution < 1.29 is 5.11 Å². The number of hydrogen-bond donors (Lipinski definition) is 2. The zero-order valence-corrected chi connectivity index (χ0v) is 11.0. The minimum absolute atomic E-state index is 0.202. The Morgan fingerprint density at radius 1 is 1.39 bits per heavy atom. The molecule has 96 valence electrons. The van der Waals surface area contributed by atoms with Crippen molar-refractivity contribution in [1.82, 2.24) is 0 Å². The average Bonchev–Trinajstić information content (AvgIpc) is 2.41. The number of hydrogen-bond acceptors (Lipinski definition) is 3. The Morgan fingerprint density at radius 3 is 2.89 bits per heavy atom. The van der Waals surface area contributed by atoms with Crippen molar-refractivity contribution in [2.24, 2.45) is 5.92 Å². The van der Waals surface area contributed by atoms with Crippen molar-refractivity contribution in [2.75, 3.05) is 11.9 Å². The second-order valence-electron chi connectivity index (χ2n) is 4.78. The molecule has 2 N–H and O–H groups in total. The standard InChI is InChI=1S/C14H17ClN2O/c15-12-5-6-14(11(7-12)8-16)17-13-4-2-1-3-10(13)9-18/h5-7,10,13,17-18H,1-4,9H2. The van der Waals surface area contributed by atoms with Crippen LogP contribution in [0.3, 0.4) is 0 Å². The molecule has 0 spiro atoms. The van der Waals surface area contributed by atoms with E-state index < -0.39 is 0 Å². The van der Waals surface area contributed by atoms with E-state index in [-0.39, 0.29) is 18.6 Å². The molecule has 0 bridgehead atoms. The Bertz CT molecular complexity index is 456. The summed E-state index contributed by atoms with van der Waals surface area (Å²) in [7, 11) is 0. The molecule has 1 saturated carbocycles. The van der Waals surface area contributed by atoms with Gasteiger partial charge in [0.15, 0.2) is 0 Å². The fourth-order valence-corrected chi connectivity index (χ4v) is 2.72. The molecular weight excluding hydrogens is 248 g/mol. The van der Waals surface area contributed by atoms with E-state index >= 15 is 0 Å². The second kappa shape index (κ2) is 6.08. The molecule has 1 aliphatic rings. The molecule has 4 heteroatoms. The summed E-state index contributed by atoms with van der Waals surface area (Å²) in [6.45, 7) is 0.202. The fraction of sp³-hybridized carbons (Fsp3) is 0.500. The van der Waals surface area contributed by atoms with E-state index in [4.69, 9.17) is 16.9 Å². The first kappa shape index (κ1) is 13.2. The maximum atomic E-state index is 9.38. The maximum Gasteiger partial charge on any atom is 0.101 e. The van der Waals surface area contributed by atoms with E-state index in [0.29, 0.717) is 10.6 Å². The Morgan fingerprint density at radius 2 is 2.17 bits per heavy atom. The minimum Gasteiger partial charge on any atom is -0.396 e. The van der Waals surface area contributed by atoms with Crippen LogP contribution in [-0.2, 0) is 0 Å². The molecule has 0 aromatic heterocycles. The van der Waals surface area contributed by atoms with E-state index in [1.807, 2.05) is 6.07 Å². The monoisotopic (exact) mass is 264 g/mol. The quantitative estimate of drug-likeness (QED) is 0.882. The van der Waals surface area contributed by atoms with Crippen LogP contribution in [0.4, 0.5) is 5.69 Å². The normalized spacial score (nSPS) is 23.4. The summed E-state index contributed by atoms with van der Waals surface area (Å²) in [5, 5.41) is 22.4. The van der Waals surface area contributed by atoms with Gasteiger partial charge < -0.3 is 10.4 Å². The fourth-order valence-electron chi connectivity index (χ4n) is 2.55. The number of anilines is 1. The van der Waals surface area contributed by atoms with E-state index in [0.717, 1.165) is 18.5 Å². The van der Waals surface area contributed by atoms with Gasteiger partial charge in [-0.1, -0.05) is 24.4 Å². The molecule has 18 heavy (non-hydrogen) atoms. The Hall–Kier alpha value is -1.24. The first-order chi connectivity index (χ1) is 8.74. The Kier molecular flexibility index (Phi) is 4.46. The lowest BCUT2D eigenvalue weighted by molar-refractivity contribution is 0.178. The summed E-state index contributed by atoms with van der Waals surface area (Å²) >= 11 is 5.88. The molecule has 2 unspecified atom stereocenters. The summed E-state index contributed by atoms with van der Waals surface area (Å²) in [5.41, 5.74) is 1.37. The van der Waals surface area contributed by atoms with Crippen LogP contribution in [0.25, 0.3) is 0 Å². The third-order valence-corrected chi connectivity index (χ3v) is 3.82. The summed E-state index contributed by atoms with van der Waals surface area (Å²) in [6.07, 6.45) is 4.43. The maximum absolute atomic E-state index is 9.38. The van der Waals surface area contributed by atoms with Crippen LogP contribution in [0.5, 0.6) is 0 Å². The van der Waals surface area contributed by atoms with Gasteiger partial charge >= 0.3 is 0 Å².